The second-order valence-electron chi connectivity index (χ2n) is 7.67. The number of ether oxygens (including phenoxy) is 2. The molecule has 2 aromatic carbocycles. The average molecular weight is 460 g/mol. The Morgan fingerprint density at radius 1 is 1.21 bits per heavy atom. The molecule has 1 aliphatic heterocycles. The minimum Gasteiger partial charge on any atom is -0.497 e. The molecule has 1 saturated heterocycles. The fourth-order valence-corrected chi connectivity index (χ4v) is 4.54. The van der Waals surface area contributed by atoms with E-state index in [4.69, 9.17) is 14.5 Å². The van der Waals surface area contributed by atoms with Crippen LogP contribution in [-0.2, 0) is 9.53 Å². The highest BCUT2D eigenvalue weighted by Crippen LogP contribution is 2.34. The van der Waals surface area contributed by atoms with E-state index in [1.54, 1.807) is 7.11 Å². The van der Waals surface area contributed by atoms with Gasteiger partial charge in [-0.15, -0.1) is 0 Å². The number of nitrogens with zero attached hydrogens (tertiary/aromatic N) is 2. The Kier molecular flexibility index (Phi) is 7.61. The number of hydrogen-bond acceptors (Lipinski definition) is 6. The molecule has 4 rings (SSSR count). The van der Waals surface area contributed by atoms with Gasteiger partial charge in [0.2, 0.25) is 5.91 Å². The fraction of sp³-hybridized carbons (Fsp3) is 0.269. The maximum absolute atomic E-state index is 12.4. The van der Waals surface area contributed by atoms with Crippen LogP contribution in [0.15, 0.2) is 65.7 Å². The number of nitriles is 1. The van der Waals surface area contributed by atoms with Crippen molar-refractivity contribution >= 4 is 17.7 Å². The highest BCUT2D eigenvalue weighted by molar-refractivity contribution is 8.00. The molecule has 1 aliphatic rings. The number of benzene rings is 2. The van der Waals surface area contributed by atoms with Gasteiger partial charge in [0.15, 0.2) is 0 Å². The average Bonchev–Trinajstić information content (AvgIpc) is 3.40. The molecule has 1 fully saturated rings. The Bertz CT molecular complexity index is 1140. The molecule has 1 atom stereocenters. The summed E-state index contributed by atoms with van der Waals surface area (Å²) in [6.45, 7) is 1.27. The van der Waals surface area contributed by atoms with Gasteiger partial charge in [0.25, 0.3) is 0 Å². The Balaban J connectivity index is 1.62. The number of nitrogens with one attached hydrogen (secondary N) is 1. The topological polar surface area (TPSA) is 84.2 Å². The normalized spacial score (nSPS) is 15.1. The van der Waals surface area contributed by atoms with Crippen LogP contribution in [0.25, 0.3) is 22.4 Å². The first-order valence-electron chi connectivity index (χ1n) is 10.8. The summed E-state index contributed by atoms with van der Waals surface area (Å²) >= 11 is 1.28. The van der Waals surface area contributed by atoms with Crippen LogP contribution in [0, 0.1) is 11.3 Å². The molecule has 33 heavy (non-hydrogen) atoms. The molecule has 6 nitrogen and oxygen atoms in total. The lowest BCUT2D eigenvalue weighted by Gasteiger charge is -2.14. The summed E-state index contributed by atoms with van der Waals surface area (Å²) in [5.41, 5.74) is 3.81. The molecule has 0 unspecified atom stereocenters. The monoisotopic (exact) mass is 459 g/mol. The number of carbonyl (C=O) groups excluding carboxylic acids is 1. The zero-order chi connectivity index (χ0) is 23.0. The molecule has 0 saturated carbocycles. The van der Waals surface area contributed by atoms with Crippen LogP contribution in [0.3, 0.4) is 0 Å². The Morgan fingerprint density at radius 3 is 2.67 bits per heavy atom. The second-order valence-corrected chi connectivity index (χ2v) is 8.63. The molecule has 168 valence electrons. The third kappa shape index (κ3) is 5.72. The Morgan fingerprint density at radius 2 is 2.00 bits per heavy atom. The van der Waals surface area contributed by atoms with Crippen molar-refractivity contribution in [1.82, 2.24) is 10.3 Å². The molecule has 1 aromatic heterocycles. The zero-order valence-electron chi connectivity index (χ0n) is 18.4. The third-order valence-electron chi connectivity index (χ3n) is 5.46. The number of pyridine rings is 1. The first-order valence-corrected chi connectivity index (χ1v) is 11.8. The summed E-state index contributed by atoms with van der Waals surface area (Å²) in [4.78, 5) is 17.2. The van der Waals surface area contributed by atoms with Gasteiger partial charge in [-0.25, -0.2) is 4.98 Å². The molecule has 1 amide bonds. The van der Waals surface area contributed by atoms with Crippen LogP contribution in [0.4, 0.5) is 0 Å². The van der Waals surface area contributed by atoms with Crippen molar-refractivity contribution < 1.29 is 14.3 Å². The number of methoxy groups -OCH3 is 1. The van der Waals surface area contributed by atoms with Crippen LogP contribution >= 0.6 is 11.8 Å². The number of carbonyl (C=O) groups is 1. The van der Waals surface area contributed by atoms with E-state index in [2.05, 4.69) is 11.4 Å². The van der Waals surface area contributed by atoms with E-state index in [0.29, 0.717) is 17.1 Å². The number of thioether (sulfide) groups is 1. The first kappa shape index (κ1) is 22.8. The number of hydrogen-bond donors (Lipinski definition) is 1. The van der Waals surface area contributed by atoms with Gasteiger partial charge >= 0.3 is 0 Å². The van der Waals surface area contributed by atoms with Gasteiger partial charge in [-0.05, 0) is 36.6 Å². The van der Waals surface area contributed by atoms with Crippen molar-refractivity contribution in [2.45, 2.75) is 24.0 Å². The molecule has 1 N–H and O–H groups in total. The predicted molar refractivity (Wildman–Crippen MR) is 129 cm³/mol. The van der Waals surface area contributed by atoms with Gasteiger partial charge in [-0.1, -0.05) is 54.2 Å². The van der Waals surface area contributed by atoms with E-state index < -0.39 is 0 Å². The van der Waals surface area contributed by atoms with E-state index in [1.807, 2.05) is 60.7 Å². The molecular formula is C26H25N3O3S. The van der Waals surface area contributed by atoms with E-state index in [0.717, 1.165) is 47.6 Å². The van der Waals surface area contributed by atoms with E-state index >= 15 is 0 Å². The highest BCUT2D eigenvalue weighted by atomic mass is 32.2. The van der Waals surface area contributed by atoms with E-state index in [1.165, 1.54) is 11.8 Å². The summed E-state index contributed by atoms with van der Waals surface area (Å²) in [5, 5.41) is 13.5. The van der Waals surface area contributed by atoms with Crippen LogP contribution in [0.2, 0.25) is 0 Å². The summed E-state index contributed by atoms with van der Waals surface area (Å²) in [6.07, 6.45) is 2.10. The standard InChI is InChI=1S/C26H25N3O3S/c1-31-20-11-9-18(10-12-20)22-14-24(19-6-3-2-4-7-19)29-26(23(22)15-27)33-17-25(30)28-16-21-8-5-13-32-21/h2-4,6-7,9-12,14,21H,5,8,13,16-17H2,1H3,(H,28,30)/t21-/m0/s1. The van der Waals surface area contributed by atoms with E-state index in [-0.39, 0.29) is 17.8 Å². The summed E-state index contributed by atoms with van der Waals surface area (Å²) in [6, 6.07) is 21.6. The van der Waals surface area contributed by atoms with Gasteiger partial charge in [-0.3, -0.25) is 4.79 Å². The quantitative estimate of drug-likeness (QED) is 0.492. The van der Waals surface area contributed by atoms with Gasteiger partial charge < -0.3 is 14.8 Å². The molecule has 0 radical (unpaired) electrons. The SMILES string of the molecule is COc1ccc(-c2cc(-c3ccccc3)nc(SCC(=O)NC[C@@H]3CCCO3)c2C#N)cc1. The Labute approximate surface area is 197 Å². The molecule has 0 aliphatic carbocycles. The lowest BCUT2D eigenvalue weighted by atomic mass is 9.99. The van der Waals surface area contributed by atoms with Gasteiger partial charge in [0.1, 0.15) is 16.8 Å². The smallest absolute Gasteiger partial charge is 0.230 e. The largest absolute Gasteiger partial charge is 0.497 e. The van der Waals surface area contributed by atoms with Crippen molar-refractivity contribution in [1.29, 1.82) is 5.26 Å². The fourth-order valence-electron chi connectivity index (χ4n) is 3.71. The van der Waals surface area contributed by atoms with Crippen molar-refractivity contribution in [3.63, 3.8) is 0 Å². The van der Waals surface area contributed by atoms with Gasteiger partial charge in [0, 0.05) is 24.3 Å². The summed E-state index contributed by atoms with van der Waals surface area (Å²) in [7, 11) is 1.62. The molecule has 0 bridgehead atoms. The van der Waals surface area contributed by atoms with E-state index in [9.17, 15) is 10.1 Å². The van der Waals surface area contributed by atoms with Gasteiger partial charge in [-0.2, -0.15) is 5.26 Å². The summed E-state index contributed by atoms with van der Waals surface area (Å²) < 4.78 is 10.8. The zero-order valence-corrected chi connectivity index (χ0v) is 19.2. The minimum absolute atomic E-state index is 0.0924. The number of aromatic nitrogens is 1. The first-order chi connectivity index (χ1) is 16.2. The predicted octanol–water partition coefficient (Wildman–Crippen LogP) is 4.68. The maximum atomic E-state index is 12.4. The lowest BCUT2D eigenvalue weighted by molar-refractivity contribution is -0.119. The molecular weight excluding hydrogens is 434 g/mol. The number of amides is 1. The summed E-state index contributed by atoms with van der Waals surface area (Å²) in [5.74, 6) is 0.818. The maximum Gasteiger partial charge on any atom is 0.230 e. The molecule has 7 heteroatoms. The minimum atomic E-state index is -0.0997. The van der Waals surface area contributed by atoms with Crippen molar-refractivity contribution in [2.75, 3.05) is 26.0 Å². The molecule has 2 heterocycles. The molecule has 0 spiro atoms. The van der Waals surface area contributed by atoms with Crippen molar-refractivity contribution in [2.24, 2.45) is 0 Å². The van der Waals surface area contributed by atoms with Crippen LogP contribution < -0.4 is 10.1 Å². The van der Waals surface area contributed by atoms with Crippen LogP contribution in [-0.4, -0.2) is 43.0 Å². The van der Waals surface area contributed by atoms with Crippen LogP contribution in [0.1, 0.15) is 18.4 Å². The highest BCUT2D eigenvalue weighted by Gasteiger charge is 2.19. The second kappa shape index (κ2) is 11.0. The van der Waals surface area contributed by atoms with Crippen LogP contribution in [0.5, 0.6) is 5.75 Å². The molecule has 3 aromatic rings. The van der Waals surface area contributed by atoms with Crippen molar-refractivity contribution in [3.8, 4) is 34.2 Å². The van der Waals surface area contributed by atoms with Gasteiger partial charge in [0.05, 0.1) is 30.2 Å². The number of rotatable bonds is 8. The third-order valence-corrected chi connectivity index (χ3v) is 6.43. The Hall–Kier alpha value is -3.34. The van der Waals surface area contributed by atoms with Crippen molar-refractivity contribution in [3.05, 3.63) is 66.2 Å². The lowest BCUT2D eigenvalue weighted by Crippen LogP contribution is -2.32.